The van der Waals surface area contributed by atoms with Gasteiger partial charge in [-0.05, 0) is 31.4 Å². The second-order valence-corrected chi connectivity index (χ2v) is 6.84. The lowest BCUT2D eigenvalue weighted by Gasteiger charge is -2.16. The zero-order valence-corrected chi connectivity index (χ0v) is 16.5. The molecule has 8 heteroatoms. The molecule has 0 radical (unpaired) electrons. The average Bonchev–Trinajstić information content (AvgIpc) is 3.18. The van der Waals surface area contributed by atoms with Gasteiger partial charge in [0.05, 0.1) is 11.3 Å². The fourth-order valence-electron chi connectivity index (χ4n) is 2.89. The highest BCUT2D eigenvalue weighted by atomic mass is 35.5. The van der Waals surface area contributed by atoms with E-state index >= 15 is 0 Å². The SMILES string of the molecule is CCc1cc(=O)oc2cc(OC(C)C(=O)NCCCn3ccnc3)c(Cl)cc12. The van der Waals surface area contributed by atoms with Gasteiger partial charge in [0.2, 0.25) is 0 Å². The maximum atomic E-state index is 12.3. The van der Waals surface area contributed by atoms with Crippen LogP contribution >= 0.6 is 11.6 Å². The standard InChI is InChI=1S/C20H22ClN3O4/c1-3-14-9-19(25)28-17-11-18(16(21)10-15(14)17)27-13(2)20(26)23-5-4-7-24-8-6-22-12-24/h6,8-13H,3-5,7H2,1-2H3,(H,23,26). The van der Waals surface area contributed by atoms with E-state index in [4.69, 9.17) is 20.8 Å². The van der Waals surface area contributed by atoms with E-state index in [1.807, 2.05) is 17.7 Å². The van der Waals surface area contributed by atoms with Crippen LogP contribution in [0.5, 0.6) is 5.75 Å². The maximum Gasteiger partial charge on any atom is 0.336 e. The fourth-order valence-corrected chi connectivity index (χ4v) is 3.10. The van der Waals surface area contributed by atoms with Gasteiger partial charge >= 0.3 is 5.63 Å². The van der Waals surface area contributed by atoms with Gasteiger partial charge in [0.1, 0.15) is 11.3 Å². The van der Waals surface area contributed by atoms with Gasteiger partial charge < -0.3 is 19.0 Å². The van der Waals surface area contributed by atoms with E-state index in [2.05, 4.69) is 10.3 Å². The summed E-state index contributed by atoms with van der Waals surface area (Å²) in [6.07, 6.45) is 6.03. The summed E-state index contributed by atoms with van der Waals surface area (Å²) in [5.41, 5.74) is 0.807. The number of nitrogens with zero attached hydrogens (tertiary/aromatic N) is 2. The number of hydrogen-bond acceptors (Lipinski definition) is 5. The van der Waals surface area contributed by atoms with Crippen molar-refractivity contribution in [2.75, 3.05) is 6.54 Å². The normalized spacial score (nSPS) is 12.1. The molecule has 0 saturated heterocycles. The number of benzene rings is 1. The van der Waals surface area contributed by atoms with Crippen molar-refractivity contribution < 1.29 is 13.9 Å². The average molecular weight is 404 g/mol. The number of aromatic nitrogens is 2. The van der Waals surface area contributed by atoms with Crippen molar-refractivity contribution >= 4 is 28.5 Å². The monoisotopic (exact) mass is 403 g/mol. The fraction of sp³-hybridized carbons (Fsp3) is 0.350. The number of amides is 1. The Bertz CT molecular complexity index is 1010. The summed E-state index contributed by atoms with van der Waals surface area (Å²) in [5.74, 6) is 0.0530. The molecule has 1 aromatic carbocycles. The number of nitrogens with one attached hydrogen (secondary N) is 1. The third-order valence-corrected chi connectivity index (χ3v) is 4.68. The van der Waals surface area contributed by atoms with E-state index < -0.39 is 11.7 Å². The number of ether oxygens (including phenoxy) is 1. The maximum absolute atomic E-state index is 12.3. The number of rotatable bonds is 8. The molecule has 2 aromatic heterocycles. The van der Waals surface area contributed by atoms with E-state index in [1.54, 1.807) is 31.6 Å². The van der Waals surface area contributed by atoms with Crippen LogP contribution in [0.2, 0.25) is 5.02 Å². The predicted molar refractivity (Wildman–Crippen MR) is 107 cm³/mol. The molecule has 0 fully saturated rings. The summed E-state index contributed by atoms with van der Waals surface area (Å²) >= 11 is 6.32. The molecule has 0 saturated carbocycles. The molecule has 0 aliphatic rings. The first-order valence-corrected chi connectivity index (χ1v) is 9.52. The van der Waals surface area contributed by atoms with Crippen molar-refractivity contribution in [3.8, 4) is 5.75 Å². The van der Waals surface area contributed by atoms with Crippen LogP contribution in [0.1, 0.15) is 25.8 Å². The van der Waals surface area contributed by atoms with Crippen molar-refractivity contribution in [1.29, 1.82) is 0 Å². The Balaban J connectivity index is 1.63. The van der Waals surface area contributed by atoms with Crippen LogP contribution in [0, 0.1) is 0 Å². The third kappa shape index (κ3) is 4.72. The number of carbonyl (C=O) groups excluding carboxylic acids is 1. The Morgan fingerprint density at radius 1 is 1.39 bits per heavy atom. The minimum absolute atomic E-state index is 0.245. The molecule has 3 aromatic rings. The quantitative estimate of drug-likeness (QED) is 0.461. The smallest absolute Gasteiger partial charge is 0.336 e. The first kappa shape index (κ1) is 19.9. The molecule has 1 unspecified atom stereocenters. The van der Waals surface area contributed by atoms with Crippen LogP contribution in [-0.2, 0) is 17.8 Å². The molecular weight excluding hydrogens is 382 g/mol. The number of hydrogen-bond donors (Lipinski definition) is 1. The Kier molecular flexibility index (Phi) is 6.36. The van der Waals surface area contributed by atoms with Crippen LogP contribution in [-0.4, -0.2) is 28.1 Å². The van der Waals surface area contributed by atoms with Crippen LogP contribution in [0.25, 0.3) is 11.0 Å². The van der Waals surface area contributed by atoms with Gasteiger partial charge in [0, 0.05) is 43.0 Å². The summed E-state index contributed by atoms with van der Waals surface area (Å²) < 4.78 is 12.9. The highest BCUT2D eigenvalue weighted by Crippen LogP contribution is 2.32. The van der Waals surface area contributed by atoms with Gasteiger partial charge in [-0.3, -0.25) is 4.79 Å². The summed E-state index contributed by atoms with van der Waals surface area (Å²) in [5, 5.41) is 3.95. The largest absolute Gasteiger partial charge is 0.479 e. The molecule has 1 amide bonds. The number of halogens is 1. The first-order chi connectivity index (χ1) is 13.5. The lowest BCUT2D eigenvalue weighted by Crippen LogP contribution is -2.37. The van der Waals surface area contributed by atoms with Crippen LogP contribution in [0.4, 0.5) is 0 Å². The minimum atomic E-state index is -0.746. The summed E-state index contributed by atoms with van der Waals surface area (Å²) in [4.78, 5) is 28.0. The van der Waals surface area contributed by atoms with Gasteiger partial charge in [-0.1, -0.05) is 18.5 Å². The van der Waals surface area contributed by atoms with Crippen molar-refractivity contribution in [1.82, 2.24) is 14.9 Å². The summed E-state index contributed by atoms with van der Waals surface area (Å²) in [6.45, 7) is 4.88. The molecular formula is C20H22ClN3O4. The molecule has 0 aliphatic heterocycles. The Morgan fingerprint density at radius 2 is 2.21 bits per heavy atom. The summed E-state index contributed by atoms with van der Waals surface area (Å²) in [7, 11) is 0. The van der Waals surface area contributed by atoms with E-state index in [0.29, 0.717) is 29.3 Å². The van der Waals surface area contributed by atoms with E-state index in [-0.39, 0.29) is 5.91 Å². The zero-order chi connectivity index (χ0) is 20.1. The molecule has 0 aliphatic carbocycles. The first-order valence-electron chi connectivity index (χ1n) is 9.14. The van der Waals surface area contributed by atoms with Gasteiger partial charge in [0.25, 0.3) is 5.91 Å². The predicted octanol–water partition coefficient (Wildman–Crippen LogP) is 3.18. The van der Waals surface area contributed by atoms with Crippen molar-refractivity contribution in [3.05, 3.63) is 57.9 Å². The van der Waals surface area contributed by atoms with Gasteiger partial charge in [-0.25, -0.2) is 9.78 Å². The minimum Gasteiger partial charge on any atom is -0.479 e. The number of carbonyl (C=O) groups is 1. The van der Waals surface area contributed by atoms with E-state index in [9.17, 15) is 9.59 Å². The molecule has 1 N–H and O–H groups in total. The second-order valence-electron chi connectivity index (χ2n) is 6.43. The Labute approximate surface area is 167 Å². The van der Waals surface area contributed by atoms with Crippen molar-refractivity contribution in [2.45, 2.75) is 39.3 Å². The van der Waals surface area contributed by atoms with Crippen LogP contribution < -0.4 is 15.7 Å². The number of aryl methyl sites for hydroxylation is 2. The van der Waals surface area contributed by atoms with Crippen LogP contribution in [0.15, 0.2) is 46.1 Å². The Hall–Kier alpha value is -2.80. The van der Waals surface area contributed by atoms with Gasteiger partial charge in [-0.2, -0.15) is 0 Å². The molecule has 0 bridgehead atoms. The highest BCUT2D eigenvalue weighted by molar-refractivity contribution is 6.32. The van der Waals surface area contributed by atoms with Crippen molar-refractivity contribution in [3.63, 3.8) is 0 Å². The molecule has 1 atom stereocenters. The Morgan fingerprint density at radius 3 is 2.93 bits per heavy atom. The second kappa shape index (κ2) is 8.93. The molecule has 148 valence electrons. The van der Waals surface area contributed by atoms with Crippen molar-refractivity contribution in [2.24, 2.45) is 0 Å². The topological polar surface area (TPSA) is 86.4 Å². The highest BCUT2D eigenvalue weighted by Gasteiger charge is 2.17. The van der Waals surface area contributed by atoms with E-state index in [0.717, 1.165) is 23.9 Å². The van der Waals surface area contributed by atoms with Gasteiger partial charge in [-0.15, -0.1) is 0 Å². The van der Waals surface area contributed by atoms with Crippen LogP contribution in [0.3, 0.4) is 0 Å². The molecule has 3 rings (SSSR count). The molecule has 28 heavy (non-hydrogen) atoms. The lowest BCUT2D eigenvalue weighted by molar-refractivity contribution is -0.127. The summed E-state index contributed by atoms with van der Waals surface area (Å²) in [6, 6.07) is 4.71. The number of imidazole rings is 1. The molecule has 0 spiro atoms. The van der Waals surface area contributed by atoms with E-state index in [1.165, 1.54) is 6.07 Å². The molecule has 7 nitrogen and oxygen atoms in total. The number of fused-ring (bicyclic) bond motifs is 1. The zero-order valence-electron chi connectivity index (χ0n) is 15.8. The lowest BCUT2D eigenvalue weighted by atomic mass is 10.1. The molecule has 2 heterocycles. The van der Waals surface area contributed by atoms with Gasteiger partial charge in [0.15, 0.2) is 6.10 Å². The third-order valence-electron chi connectivity index (χ3n) is 4.39.